The van der Waals surface area contributed by atoms with Crippen molar-refractivity contribution in [3.8, 4) is 17.1 Å². The molecular formula is C27H23ClN4O2. The van der Waals surface area contributed by atoms with Crippen LogP contribution in [0.5, 0.6) is 5.75 Å². The minimum Gasteiger partial charge on any atom is -0.487 e. The fraction of sp³-hybridized carbons (Fsp3) is 0.111. The first kappa shape index (κ1) is 21.9. The van der Waals surface area contributed by atoms with Crippen LogP contribution in [0.2, 0.25) is 5.02 Å². The van der Waals surface area contributed by atoms with E-state index in [-0.39, 0.29) is 0 Å². The minimum absolute atomic E-state index is 0.309. The summed E-state index contributed by atoms with van der Waals surface area (Å²) in [5, 5.41) is 15.4. The molecule has 0 aliphatic heterocycles. The summed E-state index contributed by atoms with van der Waals surface area (Å²) in [6.07, 6.45) is -0.670. The van der Waals surface area contributed by atoms with Crippen LogP contribution < -0.4 is 10.1 Å². The Morgan fingerprint density at radius 3 is 2.44 bits per heavy atom. The predicted octanol–water partition coefficient (Wildman–Crippen LogP) is 6.00. The third kappa shape index (κ3) is 5.03. The smallest absolute Gasteiger partial charge is 0.163 e. The second kappa shape index (κ2) is 9.95. The largest absolute Gasteiger partial charge is 0.487 e. The van der Waals surface area contributed by atoms with Gasteiger partial charge in [0, 0.05) is 17.1 Å². The van der Waals surface area contributed by atoms with Gasteiger partial charge in [0.1, 0.15) is 23.8 Å². The molecule has 7 heteroatoms. The summed E-state index contributed by atoms with van der Waals surface area (Å²) in [5.41, 5.74) is 3.28. The maximum absolute atomic E-state index is 10.6. The highest BCUT2D eigenvalue weighted by atomic mass is 35.5. The fourth-order valence-corrected chi connectivity index (χ4v) is 3.88. The maximum Gasteiger partial charge on any atom is 0.163 e. The number of aliphatic hydroxyl groups excluding tert-OH is 1. The van der Waals surface area contributed by atoms with Crippen molar-refractivity contribution in [3.63, 3.8) is 0 Å². The molecule has 1 unspecified atom stereocenters. The number of benzene rings is 3. The molecule has 34 heavy (non-hydrogen) atoms. The molecule has 0 spiro atoms. The zero-order chi connectivity index (χ0) is 23.3. The van der Waals surface area contributed by atoms with Gasteiger partial charge in [-0.2, -0.15) is 0 Å². The number of halogens is 1. The molecule has 0 amide bonds. The van der Waals surface area contributed by atoms with E-state index in [9.17, 15) is 5.11 Å². The zero-order valence-corrected chi connectivity index (χ0v) is 19.0. The van der Waals surface area contributed by atoms with E-state index >= 15 is 0 Å². The first-order valence-electron chi connectivity index (χ1n) is 11.0. The van der Waals surface area contributed by atoms with Crippen molar-refractivity contribution in [1.29, 1.82) is 0 Å². The third-order valence-corrected chi connectivity index (χ3v) is 5.65. The van der Waals surface area contributed by atoms with Crippen molar-refractivity contribution in [2.24, 2.45) is 0 Å². The molecule has 170 valence electrons. The molecule has 0 aliphatic carbocycles. The molecule has 6 nitrogen and oxygen atoms in total. The van der Waals surface area contributed by atoms with Crippen LogP contribution in [-0.4, -0.2) is 26.6 Å². The zero-order valence-electron chi connectivity index (χ0n) is 18.3. The third-order valence-electron chi connectivity index (χ3n) is 5.41. The van der Waals surface area contributed by atoms with Crippen molar-refractivity contribution in [1.82, 2.24) is 15.0 Å². The molecule has 5 aromatic rings. The Morgan fingerprint density at radius 1 is 0.912 bits per heavy atom. The number of aromatic amines is 1. The molecule has 2 heterocycles. The van der Waals surface area contributed by atoms with Crippen LogP contribution in [0.3, 0.4) is 0 Å². The van der Waals surface area contributed by atoms with E-state index in [0.717, 1.165) is 22.2 Å². The number of aliphatic hydroxyl groups is 1. The number of rotatable bonds is 8. The van der Waals surface area contributed by atoms with E-state index in [2.05, 4.69) is 10.3 Å². The highest BCUT2D eigenvalue weighted by Gasteiger charge is 2.15. The van der Waals surface area contributed by atoms with Gasteiger partial charge in [0.05, 0.1) is 17.2 Å². The summed E-state index contributed by atoms with van der Waals surface area (Å²) in [7, 11) is 0. The lowest BCUT2D eigenvalue weighted by atomic mass is 10.1. The average molecular weight is 471 g/mol. The Morgan fingerprint density at radius 2 is 1.68 bits per heavy atom. The highest BCUT2D eigenvalue weighted by Crippen LogP contribution is 2.27. The van der Waals surface area contributed by atoms with Crippen molar-refractivity contribution in [3.05, 3.63) is 107 Å². The van der Waals surface area contributed by atoms with Crippen LogP contribution in [0.1, 0.15) is 17.4 Å². The van der Waals surface area contributed by atoms with E-state index in [1.165, 1.54) is 0 Å². The molecule has 3 N–H and O–H groups in total. The van der Waals surface area contributed by atoms with E-state index in [1.807, 2.05) is 78.9 Å². The Hall–Kier alpha value is -3.87. The number of anilines is 1. The molecular weight excluding hydrogens is 448 g/mol. The Bertz CT molecular complexity index is 1390. The average Bonchev–Trinajstić information content (AvgIpc) is 3.30. The monoisotopic (exact) mass is 470 g/mol. The molecule has 0 saturated carbocycles. The molecule has 5 rings (SSSR count). The number of hydrogen-bond donors (Lipinski definition) is 3. The van der Waals surface area contributed by atoms with Gasteiger partial charge in [-0.1, -0.05) is 78.3 Å². The molecule has 0 aliphatic rings. The van der Waals surface area contributed by atoms with E-state index < -0.39 is 6.10 Å². The molecule has 0 fully saturated rings. The standard InChI is InChI=1S/C27H23ClN4O2/c28-20-12-7-13-22(14-20)34-17-21-15-23-26(29-16-24(33)18-8-3-1-4-9-18)31-25(32-27(23)30-21)19-10-5-2-6-11-19/h1-15,24,33H,16-17H2,(H2,29,30,31,32). The van der Waals surface area contributed by atoms with Crippen molar-refractivity contribution in [2.45, 2.75) is 12.7 Å². The van der Waals surface area contributed by atoms with Crippen molar-refractivity contribution in [2.75, 3.05) is 11.9 Å². The summed E-state index contributed by atoms with van der Waals surface area (Å²) in [5.74, 6) is 1.92. The highest BCUT2D eigenvalue weighted by molar-refractivity contribution is 6.30. The SMILES string of the molecule is OC(CNc1nc(-c2ccccc2)nc2[nH]c(COc3cccc(Cl)c3)cc12)c1ccccc1. The van der Waals surface area contributed by atoms with Gasteiger partial charge < -0.3 is 20.1 Å². The number of fused-ring (bicyclic) bond motifs is 1. The van der Waals surface area contributed by atoms with Gasteiger partial charge in [0.25, 0.3) is 0 Å². The number of aromatic nitrogens is 3. The van der Waals surface area contributed by atoms with Gasteiger partial charge in [0.2, 0.25) is 0 Å². The van der Waals surface area contributed by atoms with Gasteiger partial charge >= 0.3 is 0 Å². The molecule has 1 atom stereocenters. The van der Waals surface area contributed by atoms with Crippen LogP contribution in [0, 0.1) is 0 Å². The van der Waals surface area contributed by atoms with Crippen LogP contribution >= 0.6 is 11.6 Å². The molecule has 0 radical (unpaired) electrons. The van der Waals surface area contributed by atoms with Crippen molar-refractivity contribution < 1.29 is 9.84 Å². The lowest BCUT2D eigenvalue weighted by Crippen LogP contribution is -2.13. The fourth-order valence-electron chi connectivity index (χ4n) is 3.70. The van der Waals surface area contributed by atoms with Crippen LogP contribution in [0.25, 0.3) is 22.4 Å². The number of H-pyrrole nitrogens is 1. The van der Waals surface area contributed by atoms with Gasteiger partial charge in [0.15, 0.2) is 5.82 Å². The molecule has 0 saturated heterocycles. The van der Waals surface area contributed by atoms with Gasteiger partial charge in [-0.3, -0.25) is 0 Å². The van der Waals surface area contributed by atoms with E-state index in [4.69, 9.17) is 26.3 Å². The Kier molecular flexibility index (Phi) is 6.42. The van der Waals surface area contributed by atoms with Gasteiger partial charge in [-0.05, 0) is 29.8 Å². The number of nitrogens with zero attached hydrogens (tertiary/aromatic N) is 2. The lowest BCUT2D eigenvalue weighted by Gasteiger charge is -2.14. The minimum atomic E-state index is -0.670. The molecule has 3 aromatic carbocycles. The van der Waals surface area contributed by atoms with E-state index in [0.29, 0.717) is 41.2 Å². The second-order valence-electron chi connectivity index (χ2n) is 7.87. The summed E-state index contributed by atoms with van der Waals surface area (Å²) in [6.45, 7) is 0.632. The quantitative estimate of drug-likeness (QED) is 0.259. The van der Waals surface area contributed by atoms with Gasteiger partial charge in [-0.25, -0.2) is 9.97 Å². The summed E-state index contributed by atoms with van der Waals surface area (Å²) in [4.78, 5) is 12.8. The van der Waals surface area contributed by atoms with Crippen LogP contribution in [0.15, 0.2) is 91.0 Å². The normalized spacial score (nSPS) is 11.9. The first-order valence-corrected chi connectivity index (χ1v) is 11.3. The summed E-state index contributed by atoms with van der Waals surface area (Å²) < 4.78 is 5.89. The summed E-state index contributed by atoms with van der Waals surface area (Å²) in [6, 6.07) is 28.6. The molecule has 0 bridgehead atoms. The second-order valence-corrected chi connectivity index (χ2v) is 8.31. The predicted molar refractivity (Wildman–Crippen MR) is 135 cm³/mol. The Labute approximate surface area is 202 Å². The number of ether oxygens (including phenoxy) is 1. The lowest BCUT2D eigenvalue weighted by molar-refractivity contribution is 0.191. The van der Waals surface area contributed by atoms with Crippen LogP contribution in [0.4, 0.5) is 5.82 Å². The number of hydrogen-bond acceptors (Lipinski definition) is 5. The number of nitrogens with one attached hydrogen (secondary N) is 2. The first-order chi connectivity index (χ1) is 16.7. The van der Waals surface area contributed by atoms with Crippen molar-refractivity contribution >= 4 is 28.5 Å². The van der Waals surface area contributed by atoms with Gasteiger partial charge in [-0.15, -0.1) is 0 Å². The maximum atomic E-state index is 10.6. The van der Waals surface area contributed by atoms with Crippen LogP contribution in [-0.2, 0) is 6.61 Å². The topological polar surface area (TPSA) is 83.1 Å². The summed E-state index contributed by atoms with van der Waals surface area (Å²) >= 11 is 6.06. The molecule has 2 aromatic heterocycles. The van der Waals surface area contributed by atoms with E-state index in [1.54, 1.807) is 12.1 Å². The Balaban J connectivity index is 1.44.